The Hall–Kier alpha value is -1.91. The Balaban J connectivity index is 2.14. The molecule has 0 radical (unpaired) electrons. The fourth-order valence-electron chi connectivity index (χ4n) is 1.70. The van der Waals surface area contributed by atoms with Crippen LogP contribution >= 0.6 is 0 Å². The zero-order valence-electron chi connectivity index (χ0n) is 8.44. The lowest BCUT2D eigenvalue weighted by Crippen LogP contribution is -2.05. The molecule has 1 N–H and O–H groups in total. The SMILES string of the molecule is O=C(O)CO/N=C1/CCc2cc(F)ccc21. The molecule has 0 unspecified atom stereocenters. The lowest BCUT2D eigenvalue weighted by molar-refractivity contribution is -0.142. The van der Waals surface area contributed by atoms with E-state index in [0.717, 1.165) is 11.1 Å². The lowest BCUT2D eigenvalue weighted by Gasteiger charge is -2.00. The number of oxime groups is 1. The molecule has 16 heavy (non-hydrogen) atoms. The molecular weight excluding hydrogens is 213 g/mol. The molecule has 1 aliphatic carbocycles. The molecule has 2 rings (SSSR count). The number of fused-ring (bicyclic) bond motifs is 1. The van der Waals surface area contributed by atoms with Crippen molar-refractivity contribution in [1.29, 1.82) is 0 Å². The van der Waals surface area contributed by atoms with Crippen LogP contribution in [0, 0.1) is 5.82 Å². The topological polar surface area (TPSA) is 58.9 Å². The highest BCUT2D eigenvalue weighted by Crippen LogP contribution is 2.23. The second kappa shape index (κ2) is 4.30. The quantitative estimate of drug-likeness (QED) is 0.791. The summed E-state index contributed by atoms with van der Waals surface area (Å²) >= 11 is 0. The number of carboxylic acids is 1. The van der Waals surface area contributed by atoms with Crippen LogP contribution in [-0.2, 0) is 16.1 Å². The molecule has 1 aliphatic rings. The molecule has 1 aromatic carbocycles. The Morgan fingerprint density at radius 3 is 3.06 bits per heavy atom. The van der Waals surface area contributed by atoms with Gasteiger partial charge in [0, 0.05) is 5.56 Å². The van der Waals surface area contributed by atoms with Crippen molar-refractivity contribution < 1.29 is 19.1 Å². The van der Waals surface area contributed by atoms with Gasteiger partial charge < -0.3 is 9.94 Å². The summed E-state index contributed by atoms with van der Waals surface area (Å²) in [7, 11) is 0. The van der Waals surface area contributed by atoms with E-state index in [0.29, 0.717) is 18.6 Å². The summed E-state index contributed by atoms with van der Waals surface area (Å²) in [5, 5.41) is 12.1. The molecule has 0 bridgehead atoms. The third kappa shape index (κ3) is 2.18. The molecule has 0 atom stereocenters. The smallest absolute Gasteiger partial charge is 0.344 e. The minimum Gasteiger partial charge on any atom is -0.479 e. The molecule has 0 saturated carbocycles. The van der Waals surface area contributed by atoms with E-state index in [-0.39, 0.29) is 5.82 Å². The molecule has 0 amide bonds. The van der Waals surface area contributed by atoms with Gasteiger partial charge in [0.1, 0.15) is 5.82 Å². The van der Waals surface area contributed by atoms with Gasteiger partial charge in [-0.2, -0.15) is 0 Å². The summed E-state index contributed by atoms with van der Waals surface area (Å²) in [6.07, 6.45) is 1.36. The van der Waals surface area contributed by atoms with Gasteiger partial charge in [-0.1, -0.05) is 5.16 Å². The predicted molar refractivity (Wildman–Crippen MR) is 54.8 cm³/mol. The number of rotatable bonds is 3. The fourth-order valence-corrected chi connectivity index (χ4v) is 1.70. The summed E-state index contributed by atoms with van der Waals surface area (Å²) in [6, 6.07) is 4.46. The van der Waals surface area contributed by atoms with Gasteiger partial charge in [-0.15, -0.1) is 0 Å². The first-order valence-corrected chi connectivity index (χ1v) is 4.86. The van der Waals surface area contributed by atoms with E-state index in [4.69, 9.17) is 5.11 Å². The maximum atomic E-state index is 12.9. The number of aliphatic carboxylic acids is 1. The van der Waals surface area contributed by atoms with Crippen molar-refractivity contribution in [3.05, 3.63) is 35.1 Å². The van der Waals surface area contributed by atoms with Crippen molar-refractivity contribution in [2.75, 3.05) is 6.61 Å². The zero-order valence-corrected chi connectivity index (χ0v) is 8.44. The molecule has 0 saturated heterocycles. The third-order valence-electron chi connectivity index (χ3n) is 2.37. The van der Waals surface area contributed by atoms with Crippen LogP contribution in [0.3, 0.4) is 0 Å². The Labute approximate surface area is 91.3 Å². The Kier molecular flexibility index (Phi) is 2.85. The Morgan fingerprint density at radius 2 is 2.31 bits per heavy atom. The van der Waals surface area contributed by atoms with E-state index in [2.05, 4.69) is 9.99 Å². The fraction of sp³-hybridized carbons (Fsp3) is 0.273. The van der Waals surface area contributed by atoms with E-state index in [1.165, 1.54) is 12.1 Å². The van der Waals surface area contributed by atoms with Crippen LogP contribution in [-0.4, -0.2) is 23.4 Å². The van der Waals surface area contributed by atoms with Crippen molar-refractivity contribution in [2.45, 2.75) is 12.8 Å². The lowest BCUT2D eigenvalue weighted by atomic mass is 10.1. The van der Waals surface area contributed by atoms with Gasteiger partial charge in [0.25, 0.3) is 0 Å². The predicted octanol–water partition coefficient (Wildman–Crippen LogP) is 1.58. The molecule has 1 aromatic rings. The summed E-state index contributed by atoms with van der Waals surface area (Å²) in [4.78, 5) is 14.9. The summed E-state index contributed by atoms with van der Waals surface area (Å²) < 4.78 is 12.9. The average molecular weight is 223 g/mol. The number of nitrogens with zero attached hydrogens (tertiary/aromatic N) is 1. The van der Waals surface area contributed by atoms with Crippen LogP contribution in [0.1, 0.15) is 17.5 Å². The summed E-state index contributed by atoms with van der Waals surface area (Å²) in [6.45, 7) is -0.458. The largest absolute Gasteiger partial charge is 0.479 e. The summed E-state index contributed by atoms with van der Waals surface area (Å²) in [5.41, 5.74) is 2.40. The standard InChI is InChI=1S/C11H10FNO3/c12-8-2-3-9-7(5-8)1-4-10(9)13-16-6-11(14)15/h2-3,5H,1,4,6H2,(H,14,15)/b13-10-. The van der Waals surface area contributed by atoms with Gasteiger partial charge in [0.2, 0.25) is 6.61 Å². The Morgan fingerprint density at radius 1 is 1.50 bits per heavy atom. The van der Waals surface area contributed by atoms with Crippen molar-refractivity contribution in [1.82, 2.24) is 0 Å². The van der Waals surface area contributed by atoms with Crippen LogP contribution in [0.25, 0.3) is 0 Å². The van der Waals surface area contributed by atoms with Gasteiger partial charge in [0.15, 0.2) is 0 Å². The number of carboxylic acid groups (broad SMARTS) is 1. The second-order valence-corrected chi connectivity index (χ2v) is 3.51. The molecule has 84 valence electrons. The molecule has 5 heteroatoms. The molecule has 0 spiro atoms. The molecular formula is C11H10FNO3. The maximum Gasteiger partial charge on any atom is 0.344 e. The van der Waals surface area contributed by atoms with Gasteiger partial charge in [-0.05, 0) is 36.6 Å². The first-order valence-electron chi connectivity index (χ1n) is 4.86. The van der Waals surface area contributed by atoms with Crippen LogP contribution in [0.5, 0.6) is 0 Å². The zero-order chi connectivity index (χ0) is 11.5. The number of aryl methyl sites for hydroxylation is 1. The van der Waals surface area contributed by atoms with Crippen LogP contribution in [0.15, 0.2) is 23.4 Å². The van der Waals surface area contributed by atoms with Crippen molar-refractivity contribution in [3.63, 3.8) is 0 Å². The maximum absolute atomic E-state index is 12.9. The molecule has 0 heterocycles. The van der Waals surface area contributed by atoms with Gasteiger partial charge in [-0.25, -0.2) is 9.18 Å². The number of hydrogen-bond donors (Lipinski definition) is 1. The monoisotopic (exact) mass is 223 g/mol. The minimum atomic E-state index is -1.07. The molecule has 0 fully saturated rings. The van der Waals surface area contributed by atoms with E-state index in [1.54, 1.807) is 6.07 Å². The van der Waals surface area contributed by atoms with E-state index in [1.807, 2.05) is 0 Å². The Bertz CT molecular complexity index is 457. The molecule has 0 aromatic heterocycles. The number of hydrogen-bond acceptors (Lipinski definition) is 3. The average Bonchev–Trinajstić information content (AvgIpc) is 2.60. The van der Waals surface area contributed by atoms with E-state index >= 15 is 0 Å². The number of carbonyl (C=O) groups is 1. The first kappa shape index (κ1) is 10.6. The number of benzene rings is 1. The van der Waals surface area contributed by atoms with Gasteiger partial charge in [0.05, 0.1) is 5.71 Å². The van der Waals surface area contributed by atoms with Crippen molar-refractivity contribution in [2.24, 2.45) is 5.16 Å². The highest BCUT2D eigenvalue weighted by Gasteiger charge is 2.18. The summed E-state index contributed by atoms with van der Waals surface area (Å²) in [5.74, 6) is -1.34. The number of halogens is 1. The third-order valence-corrected chi connectivity index (χ3v) is 2.37. The van der Waals surface area contributed by atoms with Crippen LogP contribution in [0.4, 0.5) is 4.39 Å². The first-order chi connectivity index (χ1) is 7.66. The minimum absolute atomic E-state index is 0.272. The van der Waals surface area contributed by atoms with Crippen molar-refractivity contribution >= 4 is 11.7 Å². The highest BCUT2D eigenvalue weighted by molar-refractivity contribution is 6.04. The molecule has 4 nitrogen and oxygen atoms in total. The normalized spacial score (nSPS) is 16.2. The van der Waals surface area contributed by atoms with E-state index in [9.17, 15) is 9.18 Å². The second-order valence-electron chi connectivity index (χ2n) is 3.51. The van der Waals surface area contributed by atoms with Crippen LogP contribution in [0.2, 0.25) is 0 Å². The van der Waals surface area contributed by atoms with Gasteiger partial charge >= 0.3 is 5.97 Å². The van der Waals surface area contributed by atoms with Crippen LogP contribution < -0.4 is 0 Å². The highest BCUT2D eigenvalue weighted by atomic mass is 19.1. The van der Waals surface area contributed by atoms with Crippen molar-refractivity contribution in [3.8, 4) is 0 Å². The van der Waals surface area contributed by atoms with E-state index < -0.39 is 12.6 Å². The van der Waals surface area contributed by atoms with Gasteiger partial charge in [-0.3, -0.25) is 0 Å². The molecule has 0 aliphatic heterocycles.